The van der Waals surface area contributed by atoms with Crippen molar-refractivity contribution in [2.45, 2.75) is 13.1 Å². The van der Waals surface area contributed by atoms with Crippen molar-refractivity contribution < 1.29 is 4.42 Å². The number of rotatable bonds is 3. The third-order valence-corrected chi connectivity index (χ3v) is 9.93. The second-order valence-electron chi connectivity index (χ2n) is 12.6. The summed E-state index contributed by atoms with van der Waals surface area (Å²) in [6.07, 6.45) is 0.182. The molecule has 9 aromatic rings. The lowest BCUT2D eigenvalue weighted by Crippen LogP contribution is -2.28. The first-order valence-corrected chi connectivity index (χ1v) is 16.3. The predicted molar refractivity (Wildman–Crippen MR) is 199 cm³/mol. The largest absolute Gasteiger partial charge is 0.456 e. The zero-order valence-electron chi connectivity index (χ0n) is 25.9. The first-order chi connectivity index (χ1) is 23.2. The molecule has 1 aliphatic rings. The molecule has 2 heterocycles. The van der Waals surface area contributed by atoms with Crippen LogP contribution < -0.4 is 10.2 Å². The summed E-state index contributed by atoms with van der Waals surface area (Å²) in [5.74, 6) is 0. The average molecular weight is 603 g/mol. The number of furan rings is 1. The molecule has 0 aliphatic carbocycles. The minimum atomic E-state index is 0.182. The van der Waals surface area contributed by atoms with E-state index >= 15 is 0 Å². The van der Waals surface area contributed by atoms with Gasteiger partial charge >= 0.3 is 0 Å². The first kappa shape index (κ1) is 26.2. The Balaban J connectivity index is 1.18. The van der Waals surface area contributed by atoms with E-state index in [9.17, 15) is 0 Å². The predicted octanol–water partition coefficient (Wildman–Crippen LogP) is 12.3. The van der Waals surface area contributed by atoms with E-state index in [2.05, 4.69) is 169 Å². The van der Waals surface area contributed by atoms with E-state index in [1.165, 1.54) is 77.0 Å². The Morgan fingerprint density at radius 2 is 1.09 bits per heavy atom. The summed E-state index contributed by atoms with van der Waals surface area (Å²) in [6.45, 7) is 2.21. The fourth-order valence-electron chi connectivity index (χ4n) is 7.91. The van der Waals surface area contributed by atoms with Gasteiger partial charge in [0, 0.05) is 16.5 Å². The van der Waals surface area contributed by atoms with Gasteiger partial charge in [-0.15, -0.1) is 0 Å². The molecule has 0 bridgehead atoms. The van der Waals surface area contributed by atoms with Crippen LogP contribution in [0.4, 0.5) is 17.1 Å². The van der Waals surface area contributed by atoms with E-state index in [4.69, 9.17) is 4.42 Å². The van der Waals surface area contributed by atoms with Gasteiger partial charge in [-0.05, 0) is 104 Å². The van der Waals surface area contributed by atoms with Gasteiger partial charge in [0.1, 0.15) is 17.3 Å². The van der Waals surface area contributed by atoms with Gasteiger partial charge in [0.2, 0.25) is 0 Å². The molecule has 0 amide bonds. The first-order valence-electron chi connectivity index (χ1n) is 16.3. The number of nitrogens with one attached hydrogen (secondary N) is 1. The summed E-state index contributed by atoms with van der Waals surface area (Å²) in [5.41, 5.74) is 10.3. The van der Waals surface area contributed by atoms with Crippen LogP contribution >= 0.6 is 0 Å². The summed E-state index contributed by atoms with van der Waals surface area (Å²) < 4.78 is 6.37. The lowest BCUT2D eigenvalue weighted by Gasteiger charge is -2.24. The van der Waals surface area contributed by atoms with Crippen LogP contribution in [-0.2, 0) is 0 Å². The third kappa shape index (κ3) is 3.87. The fourth-order valence-corrected chi connectivity index (χ4v) is 7.91. The van der Waals surface area contributed by atoms with Crippen molar-refractivity contribution in [1.29, 1.82) is 0 Å². The highest BCUT2D eigenvalue weighted by Gasteiger charge is 2.26. The molecule has 0 fully saturated rings. The van der Waals surface area contributed by atoms with Crippen molar-refractivity contribution in [3.05, 3.63) is 152 Å². The van der Waals surface area contributed by atoms with Crippen molar-refractivity contribution in [1.82, 2.24) is 0 Å². The van der Waals surface area contributed by atoms with Crippen molar-refractivity contribution >= 4 is 71.3 Å². The molecule has 10 rings (SSSR count). The van der Waals surface area contributed by atoms with Crippen molar-refractivity contribution in [2.24, 2.45) is 0 Å². The molecule has 0 saturated carbocycles. The minimum absolute atomic E-state index is 0.182. The van der Waals surface area contributed by atoms with Crippen LogP contribution in [0.3, 0.4) is 0 Å². The molecule has 8 aromatic carbocycles. The Kier molecular flexibility index (Phi) is 5.55. The molecule has 3 heteroatoms. The molecule has 1 N–H and O–H groups in total. The maximum absolute atomic E-state index is 6.37. The molecule has 1 unspecified atom stereocenters. The summed E-state index contributed by atoms with van der Waals surface area (Å²) in [7, 11) is 0. The monoisotopic (exact) mass is 602 g/mol. The van der Waals surface area contributed by atoms with E-state index in [1.54, 1.807) is 0 Å². The Labute approximate surface area is 272 Å². The van der Waals surface area contributed by atoms with Gasteiger partial charge < -0.3 is 14.6 Å². The molecule has 1 aromatic heterocycles. The Morgan fingerprint density at radius 1 is 0.511 bits per heavy atom. The van der Waals surface area contributed by atoms with Gasteiger partial charge in [-0.25, -0.2) is 0 Å². The average Bonchev–Trinajstić information content (AvgIpc) is 3.67. The highest BCUT2D eigenvalue weighted by atomic mass is 16.3. The number of nitrogens with zero attached hydrogens (tertiary/aromatic N) is 1. The summed E-state index contributed by atoms with van der Waals surface area (Å²) in [5, 5.41) is 13.4. The van der Waals surface area contributed by atoms with Gasteiger partial charge in [-0.2, -0.15) is 0 Å². The topological polar surface area (TPSA) is 28.4 Å². The van der Waals surface area contributed by atoms with Crippen molar-refractivity contribution in [3.63, 3.8) is 0 Å². The summed E-state index contributed by atoms with van der Waals surface area (Å²) >= 11 is 0. The molecule has 3 nitrogen and oxygen atoms in total. The van der Waals surface area contributed by atoms with Crippen LogP contribution in [0.25, 0.3) is 76.5 Å². The maximum atomic E-state index is 6.37. The van der Waals surface area contributed by atoms with Gasteiger partial charge in [0.25, 0.3) is 0 Å². The molecular formula is C44H30N2O. The third-order valence-electron chi connectivity index (χ3n) is 9.93. The quantitative estimate of drug-likeness (QED) is 0.204. The smallest absolute Gasteiger partial charge is 0.136 e. The van der Waals surface area contributed by atoms with Crippen molar-refractivity contribution in [3.8, 4) is 22.3 Å². The number of para-hydroxylation sites is 2. The molecule has 1 atom stereocenters. The number of hydrogen-bond donors (Lipinski definition) is 1. The molecule has 0 radical (unpaired) electrons. The molecule has 222 valence electrons. The molecular weight excluding hydrogens is 572 g/mol. The normalized spacial score (nSPS) is 14.4. The van der Waals surface area contributed by atoms with E-state index in [0.717, 1.165) is 16.6 Å². The highest BCUT2D eigenvalue weighted by molar-refractivity contribution is 6.23. The number of fused-ring (bicyclic) bond motifs is 8. The van der Waals surface area contributed by atoms with E-state index in [0.29, 0.717) is 0 Å². The number of hydrogen-bond acceptors (Lipinski definition) is 3. The summed E-state index contributed by atoms with van der Waals surface area (Å²) in [6, 6.07) is 54.9. The fraction of sp³-hybridized carbons (Fsp3) is 0.0455. The van der Waals surface area contributed by atoms with Gasteiger partial charge in [-0.1, -0.05) is 109 Å². The maximum Gasteiger partial charge on any atom is 0.136 e. The van der Waals surface area contributed by atoms with Crippen LogP contribution in [0.2, 0.25) is 0 Å². The lowest BCUT2D eigenvalue weighted by atomic mass is 9.85. The molecule has 1 aliphatic heterocycles. The molecule has 0 spiro atoms. The lowest BCUT2D eigenvalue weighted by molar-refractivity contribution is 0.669. The second-order valence-corrected chi connectivity index (χ2v) is 12.6. The standard InChI is InChI=1S/C44H30N2O/c1-27-45-38-16-8-9-17-39(38)46(27)31-22-18-29(19-23-31)42-33-12-4-6-14-35(33)43(36-15-7-5-13-34(36)42)30-21-24-40-37(26-30)44-32-11-3-2-10-28(32)20-25-41(44)47-40/h2-27,45H,1H3. The molecule has 47 heavy (non-hydrogen) atoms. The Hall–Kier alpha value is -6.06. The Bertz CT molecular complexity index is 2630. The zero-order valence-corrected chi connectivity index (χ0v) is 25.9. The van der Waals surface area contributed by atoms with Crippen LogP contribution in [0, 0.1) is 0 Å². The number of benzene rings is 8. The van der Waals surface area contributed by atoms with E-state index < -0.39 is 0 Å². The van der Waals surface area contributed by atoms with Crippen LogP contribution in [0.5, 0.6) is 0 Å². The van der Waals surface area contributed by atoms with E-state index in [-0.39, 0.29) is 6.17 Å². The van der Waals surface area contributed by atoms with Crippen molar-refractivity contribution in [2.75, 3.05) is 10.2 Å². The highest BCUT2D eigenvalue weighted by Crippen LogP contribution is 2.46. The van der Waals surface area contributed by atoms with Crippen LogP contribution in [-0.4, -0.2) is 6.17 Å². The summed E-state index contributed by atoms with van der Waals surface area (Å²) in [4.78, 5) is 2.37. The molecule has 0 saturated heterocycles. The van der Waals surface area contributed by atoms with Gasteiger partial charge in [-0.3, -0.25) is 0 Å². The zero-order chi connectivity index (χ0) is 31.1. The number of anilines is 3. The SMILES string of the molecule is CC1Nc2ccccc2N1c1ccc(-c2c3ccccc3c(-c3ccc4oc5ccc6ccccc6c5c4c3)c3ccccc23)cc1. The van der Waals surface area contributed by atoms with E-state index in [1.807, 2.05) is 0 Å². The van der Waals surface area contributed by atoms with Crippen LogP contribution in [0.1, 0.15) is 6.92 Å². The Morgan fingerprint density at radius 3 is 1.81 bits per heavy atom. The van der Waals surface area contributed by atoms with Gasteiger partial charge in [0.05, 0.1) is 11.4 Å². The van der Waals surface area contributed by atoms with Gasteiger partial charge in [0.15, 0.2) is 0 Å². The second kappa shape index (κ2) is 9.97. The minimum Gasteiger partial charge on any atom is -0.456 e. The van der Waals surface area contributed by atoms with Crippen LogP contribution in [0.15, 0.2) is 156 Å².